The third kappa shape index (κ3) is 3.07. The standard InChI is InChI=1S/C23H24ClN3O2/c1-22(2)19(13-27-12-18-16(20(27)28)6-5-9-26-18)23(3,4)21(22)29-15-8-7-14(11-25)17(24)10-15/h5-10,19,21H,12-13H2,1-4H3. The normalized spacial score (nSPS) is 23.9. The lowest BCUT2D eigenvalue weighted by Gasteiger charge is -2.64. The van der Waals surface area contributed by atoms with Gasteiger partial charge < -0.3 is 9.64 Å². The van der Waals surface area contributed by atoms with Gasteiger partial charge in [0.05, 0.1) is 28.4 Å². The molecule has 0 N–H and O–H groups in total. The number of carbonyl (C=O) groups excluding carboxylic acids is 1. The monoisotopic (exact) mass is 409 g/mol. The van der Waals surface area contributed by atoms with Crippen LogP contribution in [0.3, 0.4) is 0 Å². The second kappa shape index (κ2) is 6.74. The highest BCUT2D eigenvalue weighted by Gasteiger charge is 2.63. The molecule has 2 aromatic rings. The molecule has 5 nitrogen and oxygen atoms in total. The Balaban J connectivity index is 1.51. The van der Waals surface area contributed by atoms with Crippen molar-refractivity contribution in [3.8, 4) is 11.8 Å². The molecule has 29 heavy (non-hydrogen) atoms. The fourth-order valence-corrected chi connectivity index (χ4v) is 5.52. The number of rotatable bonds is 4. The van der Waals surface area contributed by atoms with Gasteiger partial charge in [-0.05, 0) is 30.2 Å². The van der Waals surface area contributed by atoms with Crippen molar-refractivity contribution in [2.75, 3.05) is 6.54 Å². The van der Waals surface area contributed by atoms with Gasteiger partial charge in [0.2, 0.25) is 0 Å². The summed E-state index contributed by atoms with van der Waals surface area (Å²) < 4.78 is 6.33. The minimum Gasteiger partial charge on any atom is -0.489 e. The van der Waals surface area contributed by atoms with Crippen LogP contribution in [0.2, 0.25) is 5.02 Å². The number of fused-ring (bicyclic) bond motifs is 1. The van der Waals surface area contributed by atoms with E-state index in [1.165, 1.54) is 0 Å². The maximum atomic E-state index is 12.8. The number of pyridine rings is 1. The molecule has 0 bridgehead atoms. The van der Waals surface area contributed by atoms with Crippen molar-refractivity contribution in [3.63, 3.8) is 0 Å². The molecule has 1 aliphatic carbocycles. The summed E-state index contributed by atoms with van der Waals surface area (Å²) in [5.41, 5.74) is 1.73. The maximum Gasteiger partial charge on any atom is 0.256 e. The number of nitrogens with zero attached hydrogens (tertiary/aromatic N) is 3. The van der Waals surface area contributed by atoms with E-state index in [1.54, 1.807) is 24.4 Å². The van der Waals surface area contributed by atoms with E-state index < -0.39 is 0 Å². The van der Waals surface area contributed by atoms with E-state index >= 15 is 0 Å². The molecule has 150 valence electrons. The Morgan fingerprint density at radius 1 is 1.28 bits per heavy atom. The highest BCUT2D eigenvalue weighted by Crippen LogP contribution is 2.60. The zero-order valence-corrected chi connectivity index (χ0v) is 17.8. The summed E-state index contributed by atoms with van der Waals surface area (Å²) in [6.45, 7) is 9.97. The van der Waals surface area contributed by atoms with E-state index in [0.717, 1.165) is 5.69 Å². The molecule has 2 aliphatic rings. The largest absolute Gasteiger partial charge is 0.489 e. The summed E-state index contributed by atoms with van der Waals surface area (Å²) >= 11 is 6.17. The lowest BCUT2D eigenvalue weighted by Crippen LogP contribution is -2.68. The van der Waals surface area contributed by atoms with Crippen molar-refractivity contribution in [2.24, 2.45) is 16.7 Å². The van der Waals surface area contributed by atoms with E-state index in [4.69, 9.17) is 21.6 Å². The second-order valence-corrected chi connectivity index (χ2v) is 9.54. The van der Waals surface area contributed by atoms with Crippen molar-refractivity contribution in [3.05, 3.63) is 58.4 Å². The number of hydrogen-bond donors (Lipinski definition) is 0. The Morgan fingerprint density at radius 2 is 2.00 bits per heavy atom. The minimum atomic E-state index is -0.133. The van der Waals surface area contributed by atoms with Crippen molar-refractivity contribution in [1.29, 1.82) is 5.26 Å². The molecule has 2 heterocycles. The van der Waals surface area contributed by atoms with Crippen LogP contribution in [0.5, 0.6) is 5.75 Å². The first-order valence-electron chi connectivity index (χ1n) is 9.75. The van der Waals surface area contributed by atoms with Gasteiger partial charge >= 0.3 is 0 Å². The smallest absolute Gasteiger partial charge is 0.256 e. The average Bonchev–Trinajstić information content (AvgIpc) is 3.00. The van der Waals surface area contributed by atoms with E-state index in [2.05, 4.69) is 38.7 Å². The topological polar surface area (TPSA) is 66.2 Å². The van der Waals surface area contributed by atoms with Crippen LogP contribution < -0.4 is 4.74 Å². The van der Waals surface area contributed by atoms with Gasteiger partial charge in [0.1, 0.15) is 17.9 Å². The third-order valence-electron chi connectivity index (χ3n) is 6.61. The van der Waals surface area contributed by atoms with E-state index in [0.29, 0.717) is 35.0 Å². The number of ether oxygens (including phenoxy) is 1. The molecule has 1 amide bonds. The zero-order chi connectivity index (χ0) is 21.0. The van der Waals surface area contributed by atoms with Crippen LogP contribution in [0, 0.1) is 28.1 Å². The fourth-order valence-electron chi connectivity index (χ4n) is 5.31. The number of amides is 1. The lowest BCUT2D eigenvalue weighted by molar-refractivity contribution is -0.202. The van der Waals surface area contributed by atoms with E-state index in [1.807, 2.05) is 17.0 Å². The van der Waals surface area contributed by atoms with E-state index in [9.17, 15) is 4.79 Å². The molecule has 6 heteroatoms. The Labute approximate surface area is 176 Å². The molecule has 1 saturated carbocycles. The highest BCUT2D eigenvalue weighted by atomic mass is 35.5. The van der Waals surface area contributed by atoms with Gasteiger partial charge in [-0.1, -0.05) is 39.3 Å². The number of carbonyl (C=O) groups is 1. The van der Waals surface area contributed by atoms with Crippen molar-refractivity contribution in [1.82, 2.24) is 9.88 Å². The quantitative estimate of drug-likeness (QED) is 0.734. The van der Waals surface area contributed by atoms with Gasteiger partial charge in [-0.15, -0.1) is 0 Å². The van der Waals surface area contributed by atoms with Gasteiger partial charge in [-0.3, -0.25) is 9.78 Å². The molecule has 1 fully saturated rings. The third-order valence-corrected chi connectivity index (χ3v) is 6.93. The van der Waals surface area contributed by atoms with Crippen LogP contribution in [0.4, 0.5) is 0 Å². The van der Waals surface area contributed by atoms with Crippen LogP contribution in [-0.4, -0.2) is 28.4 Å². The van der Waals surface area contributed by atoms with Gasteiger partial charge in [0.25, 0.3) is 5.91 Å². The summed E-state index contributed by atoms with van der Waals surface area (Å²) in [4.78, 5) is 19.0. The Kier molecular flexibility index (Phi) is 4.59. The molecule has 0 spiro atoms. The van der Waals surface area contributed by atoms with Crippen molar-refractivity contribution in [2.45, 2.75) is 40.3 Å². The SMILES string of the molecule is CC1(C)C(CN2Cc3ncccc3C2=O)C(C)(C)C1Oc1ccc(C#N)c(Cl)c1. The number of nitriles is 1. The summed E-state index contributed by atoms with van der Waals surface area (Å²) in [7, 11) is 0. The molecule has 1 aliphatic heterocycles. The maximum absolute atomic E-state index is 12.8. The van der Waals surface area contributed by atoms with E-state index in [-0.39, 0.29) is 28.8 Å². The first-order chi connectivity index (χ1) is 13.7. The van der Waals surface area contributed by atoms with Crippen molar-refractivity contribution >= 4 is 17.5 Å². The minimum absolute atomic E-state index is 0.0396. The average molecular weight is 410 g/mol. The van der Waals surface area contributed by atoms with Crippen LogP contribution in [0.1, 0.15) is 49.3 Å². The predicted molar refractivity (Wildman–Crippen MR) is 111 cm³/mol. The van der Waals surface area contributed by atoms with Gasteiger partial charge in [-0.2, -0.15) is 5.26 Å². The van der Waals surface area contributed by atoms with Crippen LogP contribution >= 0.6 is 11.6 Å². The predicted octanol–water partition coefficient (Wildman–Crippen LogP) is 4.69. The summed E-state index contributed by atoms with van der Waals surface area (Å²) in [6.07, 6.45) is 1.70. The van der Waals surface area contributed by atoms with Crippen LogP contribution in [0.15, 0.2) is 36.5 Å². The lowest BCUT2D eigenvalue weighted by atomic mass is 9.45. The van der Waals surface area contributed by atoms with Crippen LogP contribution in [0.25, 0.3) is 0 Å². The zero-order valence-electron chi connectivity index (χ0n) is 17.1. The molecule has 1 aromatic carbocycles. The second-order valence-electron chi connectivity index (χ2n) is 9.13. The number of aromatic nitrogens is 1. The molecule has 0 unspecified atom stereocenters. The summed E-state index contributed by atoms with van der Waals surface area (Å²) in [5.74, 6) is 0.988. The fraction of sp³-hybridized carbons (Fsp3) is 0.435. The van der Waals surface area contributed by atoms with Crippen LogP contribution in [-0.2, 0) is 6.54 Å². The summed E-state index contributed by atoms with van der Waals surface area (Å²) in [5, 5.41) is 9.45. The van der Waals surface area contributed by atoms with Gasteiger partial charge in [0.15, 0.2) is 0 Å². The Bertz CT molecular complexity index is 1010. The molecular formula is C23H24ClN3O2. The highest BCUT2D eigenvalue weighted by molar-refractivity contribution is 6.31. The van der Waals surface area contributed by atoms with Crippen molar-refractivity contribution < 1.29 is 9.53 Å². The first-order valence-corrected chi connectivity index (χ1v) is 10.1. The Morgan fingerprint density at radius 3 is 2.62 bits per heavy atom. The first kappa shape index (κ1) is 19.7. The molecule has 0 saturated heterocycles. The molecule has 0 atom stereocenters. The number of halogens is 1. The Hall–Kier alpha value is -2.58. The molecule has 0 radical (unpaired) electrons. The van der Waals surface area contributed by atoms with Gasteiger partial charge in [-0.25, -0.2) is 0 Å². The molecule has 1 aromatic heterocycles. The van der Waals surface area contributed by atoms with Gasteiger partial charge in [0, 0.05) is 29.6 Å². The number of benzene rings is 1. The molecular weight excluding hydrogens is 386 g/mol. The summed E-state index contributed by atoms with van der Waals surface area (Å²) in [6, 6.07) is 10.9. The number of hydrogen-bond acceptors (Lipinski definition) is 4. The molecule has 4 rings (SSSR count).